The number of aromatic nitrogens is 2. The number of hydrogen-bond donors (Lipinski definition) is 1. The number of ether oxygens (including phenoxy) is 1. The van der Waals surface area contributed by atoms with Crippen LogP contribution in [0.5, 0.6) is 11.5 Å². The fourth-order valence-corrected chi connectivity index (χ4v) is 3.76. The average molecular weight is 472 g/mol. The van der Waals surface area contributed by atoms with E-state index in [1.807, 2.05) is 54.6 Å². The van der Waals surface area contributed by atoms with E-state index >= 15 is 0 Å². The third-order valence-corrected chi connectivity index (χ3v) is 5.22. The summed E-state index contributed by atoms with van der Waals surface area (Å²) < 4.78 is 11.7. The summed E-state index contributed by atoms with van der Waals surface area (Å²) in [6, 6.07) is 21.6. The van der Waals surface area contributed by atoms with E-state index in [2.05, 4.69) is 15.5 Å². The summed E-state index contributed by atoms with van der Waals surface area (Å²) in [6.07, 6.45) is 0. The highest BCUT2D eigenvalue weighted by Crippen LogP contribution is 2.33. The van der Waals surface area contributed by atoms with Gasteiger partial charge >= 0.3 is 0 Å². The zero-order chi connectivity index (χ0) is 21.6. The number of hydrogen-bond acceptors (Lipinski definition) is 6. The van der Waals surface area contributed by atoms with Crippen LogP contribution in [0.25, 0.3) is 11.5 Å². The molecule has 1 amide bonds. The summed E-state index contributed by atoms with van der Waals surface area (Å²) >= 11 is 13.0. The van der Waals surface area contributed by atoms with Gasteiger partial charge in [-0.2, -0.15) is 0 Å². The largest absolute Gasteiger partial charge is 0.457 e. The maximum absolute atomic E-state index is 12.2. The standard InChI is InChI=1S/C22H15Cl2N3O3S/c23-14-10-15(24)12-16(11-14)25-20(28)13-31-22-27-26-21(30-22)18-8-4-5-9-19(18)29-17-6-2-1-3-7-17/h1-12H,13H2,(H,25,28). The molecule has 31 heavy (non-hydrogen) atoms. The van der Waals surface area contributed by atoms with Crippen molar-refractivity contribution in [1.82, 2.24) is 10.2 Å². The lowest BCUT2D eigenvalue weighted by molar-refractivity contribution is -0.113. The van der Waals surface area contributed by atoms with Crippen LogP contribution in [0.2, 0.25) is 10.0 Å². The minimum atomic E-state index is -0.254. The quantitative estimate of drug-likeness (QED) is 0.307. The lowest BCUT2D eigenvalue weighted by Gasteiger charge is -2.08. The van der Waals surface area contributed by atoms with Crippen molar-refractivity contribution in [3.05, 3.63) is 82.8 Å². The molecule has 1 heterocycles. The Morgan fingerprint density at radius 2 is 1.68 bits per heavy atom. The molecule has 0 radical (unpaired) electrons. The molecule has 0 bridgehead atoms. The van der Waals surface area contributed by atoms with Gasteiger partial charge in [-0.05, 0) is 42.5 Å². The first kappa shape index (κ1) is 21.2. The molecule has 1 aromatic heterocycles. The third kappa shape index (κ3) is 5.79. The van der Waals surface area contributed by atoms with Crippen LogP contribution in [-0.2, 0) is 4.79 Å². The molecule has 1 N–H and O–H groups in total. The van der Waals surface area contributed by atoms with Gasteiger partial charge in [-0.15, -0.1) is 10.2 Å². The molecule has 156 valence electrons. The minimum absolute atomic E-state index is 0.0773. The molecule has 0 aliphatic heterocycles. The van der Waals surface area contributed by atoms with E-state index < -0.39 is 0 Å². The highest BCUT2D eigenvalue weighted by Gasteiger charge is 2.15. The molecule has 0 atom stereocenters. The number of anilines is 1. The molecule has 0 fully saturated rings. The zero-order valence-electron chi connectivity index (χ0n) is 15.9. The zero-order valence-corrected chi connectivity index (χ0v) is 18.2. The van der Waals surface area contributed by atoms with E-state index in [0.29, 0.717) is 38.7 Å². The van der Waals surface area contributed by atoms with Crippen molar-refractivity contribution in [2.24, 2.45) is 0 Å². The lowest BCUT2D eigenvalue weighted by Crippen LogP contribution is -2.13. The van der Waals surface area contributed by atoms with Crippen LogP contribution in [0.15, 0.2) is 82.4 Å². The summed E-state index contributed by atoms with van der Waals surface area (Å²) in [5, 5.41) is 12.0. The summed E-state index contributed by atoms with van der Waals surface area (Å²) in [4.78, 5) is 12.2. The Bertz CT molecular complexity index is 1180. The van der Waals surface area contributed by atoms with Gasteiger partial charge in [0.2, 0.25) is 5.91 Å². The van der Waals surface area contributed by atoms with Crippen LogP contribution in [0, 0.1) is 0 Å². The van der Waals surface area contributed by atoms with Gasteiger partial charge in [0.05, 0.1) is 11.3 Å². The SMILES string of the molecule is O=C(CSc1nnc(-c2ccccc2Oc2ccccc2)o1)Nc1cc(Cl)cc(Cl)c1. The van der Waals surface area contributed by atoms with E-state index in [9.17, 15) is 4.79 Å². The van der Waals surface area contributed by atoms with Crippen molar-refractivity contribution in [2.45, 2.75) is 5.22 Å². The number of thioether (sulfide) groups is 1. The van der Waals surface area contributed by atoms with Gasteiger partial charge in [-0.25, -0.2) is 0 Å². The Morgan fingerprint density at radius 1 is 0.968 bits per heavy atom. The molecule has 3 aromatic carbocycles. The highest BCUT2D eigenvalue weighted by molar-refractivity contribution is 7.99. The van der Waals surface area contributed by atoms with E-state index in [1.54, 1.807) is 18.2 Å². The van der Waals surface area contributed by atoms with E-state index in [-0.39, 0.29) is 16.9 Å². The van der Waals surface area contributed by atoms with Gasteiger partial charge in [-0.3, -0.25) is 4.79 Å². The molecule has 0 aliphatic rings. The molecule has 0 aliphatic carbocycles. The lowest BCUT2D eigenvalue weighted by atomic mass is 10.2. The second-order valence-corrected chi connectivity index (χ2v) is 8.08. The predicted octanol–water partition coefficient (Wildman–Crippen LogP) is 6.57. The fourth-order valence-electron chi connectivity index (χ4n) is 2.68. The molecule has 0 unspecified atom stereocenters. The first-order valence-electron chi connectivity index (χ1n) is 9.11. The summed E-state index contributed by atoms with van der Waals surface area (Å²) in [7, 11) is 0. The topological polar surface area (TPSA) is 77.2 Å². The molecular formula is C22H15Cl2N3O3S. The number of para-hydroxylation sites is 2. The molecule has 0 saturated carbocycles. The van der Waals surface area contributed by atoms with Crippen LogP contribution in [0.4, 0.5) is 5.69 Å². The van der Waals surface area contributed by atoms with E-state index in [0.717, 1.165) is 11.8 Å². The second-order valence-electron chi connectivity index (χ2n) is 6.28. The number of nitrogens with one attached hydrogen (secondary N) is 1. The number of benzene rings is 3. The third-order valence-electron chi connectivity index (χ3n) is 3.97. The fraction of sp³-hybridized carbons (Fsp3) is 0.0455. The molecule has 4 aromatic rings. The van der Waals surface area contributed by atoms with Crippen molar-refractivity contribution < 1.29 is 13.9 Å². The predicted molar refractivity (Wildman–Crippen MR) is 122 cm³/mol. The average Bonchev–Trinajstić information content (AvgIpc) is 3.22. The smallest absolute Gasteiger partial charge is 0.277 e. The van der Waals surface area contributed by atoms with Gasteiger partial charge in [0, 0.05) is 15.7 Å². The first-order valence-corrected chi connectivity index (χ1v) is 10.9. The number of halogens is 2. The Hall–Kier alpha value is -3.00. The van der Waals surface area contributed by atoms with Crippen molar-refractivity contribution in [3.63, 3.8) is 0 Å². The van der Waals surface area contributed by atoms with Gasteiger partial charge in [-0.1, -0.05) is 65.3 Å². The Labute approximate surface area is 192 Å². The highest BCUT2D eigenvalue weighted by atomic mass is 35.5. The molecule has 0 saturated heterocycles. The Kier molecular flexibility index (Phi) is 6.76. The Balaban J connectivity index is 1.41. The second kappa shape index (κ2) is 9.87. The van der Waals surface area contributed by atoms with Crippen LogP contribution in [0.1, 0.15) is 0 Å². The van der Waals surface area contributed by atoms with Gasteiger partial charge in [0.25, 0.3) is 11.1 Å². The maximum atomic E-state index is 12.2. The summed E-state index contributed by atoms with van der Waals surface area (Å²) in [5.74, 6) is 1.41. The number of nitrogens with zero attached hydrogens (tertiary/aromatic N) is 2. The van der Waals surface area contributed by atoms with Crippen LogP contribution < -0.4 is 10.1 Å². The van der Waals surface area contributed by atoms with Crippen LogP contribution >= 0.6 is 35.0 Å². The van der Waals surface area contributed by atoms with Crippen molar-refractivity contribution >= 4 is 46.6 Å². The van der Waals surface area contributed by atoms with Gasteiger partial charge < -0.3 is 14.5 Å². The molecule has 6 nitrogen and oxygen atoms in total. The number of carbonyl (C=O) groups excluding carboxylic acids is 1. The summed E-state index contributed by atoms with van der Waals surface area (Å²) in [5.41, 5.74) is 1.17. The Morgan fingerprint density at radius 3 is 2.45 bits per heavy atom. The number of carbonyl (C=O) groups is 1. The van der Waals surface area contributed by atoms with Crippen molar-refractivity contribution in [1.29, 1.82) is 0 Å². The van der Waals surface area contributed by atoms with Crippen LogP contribution in [-0.4, -0.2) is 21.9 Å². The minimum Gasteiger partial charge on any atom is -0.457 e. The maximum Gasteiger partial charge on any atom is 0.277 e. The first-order chi connectivity index (χ1) is 15.1. The number of amides is 1. The van der Waals surface area contributed by atoms with Crippen molar-refractivity contribution in [2.75, 3.05) is 11.1 Å². The normalized spacial score (nSPS) is 10.6. The summed E-state index contributed by atoms with van der Waals surface area (Å²) in [6.45, 7) is 0. The molecular weight excluding hydrogens is 457 g/mol. The molecule has 4 rings (SSSR count). The number of rotatable bonds is 7. The molecule has 0 spiro atoms. The molecule has 9 heteroatoms. The van der Waals surface area contributed by atoms with Gasteiger partial charge in [0.15, 0.2) is 0 Å². The van der Waals surface area contributed by atoms with E-state index in [1.165, 1.54) is 0 Å². The monoisotopic (exact) mass is 471 g/mol. The van der Waals surface area contributed by atoms with Gasteiger partial charge in [0.1, 0.15) is 11.5 Å². The van der Waals surface area contributed by atoms with E-state index in [4.69, 9.17) is 32.4 Å². The van der Waals surface area contributed by atoms with Crippen molar-refractivity contribution in [3.8, 4) is 23.0 Å². The van der Waals surface area contributed by atoms with Crippen LogP contribution in [0.3, 0.4) is 0 Å².